The number of anilines is 6. The second kappa shape index (κ2) is 12.1. The lowest BCUT2D eigenvalue weighted by molar-refractivity contribution is 0.671. The van der Waals surface area contributed by atoms with Gasteiger partial charge in [0.15, 0.2) is 0 Å². The average molecular weight is 713 g/mol. The molecule has 3 heterocycles. The number of nitrogens with zero attached hydrogens (tertiary/aromatic N) is 2. The van der Waals surface area contributed by atoms with Crippen molar-refractivity contribution in [1.29, 1.82) is 0 Å². The molecular formula is C52H33BN2O. The molecule has 10 aromatic rings. The molecule has 260 valence electrons. The summed E-state index contributed by atoms with van der Waals surface area (Å²) in [6, 6.07) is 72.5. The largest absolute Gasteiger partial charge is 0.455 e. The summed E-state index contributed by atoms with van der Waals surface area (Å²) in [7, 11) is 0. The molecule has 0 unspecified atom stereocenters. The minimum Gasteiger partial charge on any atom is -0.455 e. The van der Waals surface area contributed by atoms with E-state index in [9.17, 15) is 0 Å². The van der Waals surface area contributed by atoms with Crippen LogP contribution in [0.4, 0.5) is 34.1 Å². The molecule has 0 saturated heterocycles. The van der Waals surface area contributed by atoms with E-state index in [0.29, 0.717) is 0 Å². The number of hydrogen-bond donors (Lipinski definition) is 0. The van der Waals surface area contributed by atoms with Crippen molar-refractivity contribution in [3.63, 3.8) is 0 Å². The SMILES string of the molecule is c1ccc(N2c3ccccc3B3c4ccccc4N(c4ccccc4-c4cccc5c4oc4c(-c6cccc7ccccc67)cccc45)c4cccc2c43)cc1. The van der Waals surface area contributed by atoms with Crippen LogP contribution in [0.25, 0.3) is 55.0 Å². The van der Waals surface area contributed by atoms with E-state index >= 15 is 0 Å². The highest BCUT2D eigenvalue weighted by Gasteiger charge is 2.43. The third-order valence-corrected chi connectivity index (χ3v) is 11.9. The van der Waals surface area contributed by atoms with Crippen LogP contribution in [0.2, 0.25) is 0 Å². The van der Waals surface area contributed by atoms with Crippen molar-refractivity contribution in [3.05, 3.63) is 200 Å². The molecule has 2 aliphatic heterocycles. The van der Waals surface area contributed by atoms with Gasteiger partial charge < -0.3 is 14.2 Å². The highest BCUT2D eigenvalue weighted by molar-refractivity contribution is 7.00. The van der Waals surface area contributed by atoms with Crippen LogP contribution in [0.5, 0.6) is 0 Å². The normalized spacial score (nSPS) is 12.9. The van der Waals surface area contributed by atoms with Crippen LogP contribution in [0.1, 0.15) is 0 Å². The van der Waals surface area contributed by atoms with Gasteiger partial charge in [-0.15, -0.1) is 0 Å². The zero-order chi connectivity index (χ0) is 36.7. The van der Waals surface area contributed by atoms with Crippen molar-refractivity contribution in [3.8, 4) is 22.3 Å². The number of rotatable bonds is 4. The third kappa shape index (κ3) is 4.41. The van der Waals surface area contributed by atoms with Crippen molar-refractivity contribution in [2.45, 2.75) is 0 Å². The van der Waals surface area contributed by atoms with Gasteiger partial charge in [0.05, 0.1) is 5.69 Å². The first kappa shape index (κ1) is 31.1. The molecule has 0 aliphatic carbocycles. The van der Waals surface area contributed by atoms with Crippen molar-refractivity contribution >= 4 is 89.9 Å². The Labute approximate surface area is 325 Å². The maximum absolute atomic E-state index is 7.09. The minimum atomic E-state index is 0.0864. The summed E-state index contributed by atoms with van der Waals surface area (Å²) in [4.78, 5) is 4.92. The van der Waals surface area contributed by atoms with Gasteiger partial charge in [0.25, 0.3) is 6.71 Å². The third-order valence-electron chi connectivity index (χ3n) is 11.9. The summed E-state index contributed by atoms with van der Waals surface area (Å²) in [5.41, 5.74) is 17.2. The fraction of sp³-hybridized carbons (Fsp3) is 0. The number of benzene rings is 9. The Hall–Kier alpha value is -7.30. The highest BCUT2D eigenvalue weighted by Crippen LogP contribution is 2.48. The summed E-state index contributed by atoms with van der Waals surface area (Å²) in [5.74, 6) is 0. The topological polar surface area (TPSA) is 19.6 Å². The lowest BCUT2D eigenvalue weighted by atomic mass is 9.33. The fourth-order valence-electron chi connectivity index (χ4n) is 9.55. The van der Waals surface area contributed by atoms with Crippen LogP contribution in [0, 0.1) is 0 Å². The summed E-state index contributed by atoms with van der Waals surface area (Å²) >= 11 is 0. The Morgan fingerprint density at radius 2 is 0.786 bits per heavy atom. The quantitative estimate of drug-likeness (QED) is 0.169. The van der Waals surface area contributed by atoms with Crippen LogP contribution in [0.3, 0.4) is 0 Å². The van der Waals surface area contributed by atoms with Crippen molar-refractivity contribution < 1.29 is 4.42 Å². The second-order valence-corrected chi connectivity index (χ2v) is 14.8. The zero-order valence-corrected chi connectivity index (χ0v) is 30.4. The summed E-state index contributed by atoms with van der Waals surface area (Å²) in [5, 5.41) is 4.67. The highest BCUT2D eigenvalue weighted by atomic mass is 16.3. The van der Waals surface area contributed by atoms with E-state index < -0.39 is 0 Å². The van der Waals surface area contributed by atoms with E-state index in [-0.39, 0.29) is 6.71 Å². The molecule has 0 radical (unpaired) electrons. The standard InChI is InChI=1S/C52H33BN2O/c1-2-18-35(19-3-1)54-46-30-10-7-27-43(46)53-44-28-8-11-31-47(44)55(49-33-15-32-48(54)50(49)53)45-29-9-6-21-38(45)40-24-14-26-42-41-25-13-23-39(51(41)56-52(40)42)37-22-12-17-34-16-4-5-20-36(34)37/h1-33H. The van der Waals surface area contributed by atoms with Gasteiger partial charge in [-0.3, -0.25) is 0 Å². The first-order valence-corrected chi connectivity index (χ1v) is 19.3. The molecule has 56 heavy (non-hydrogen) atoms. The van der Waals surface area contributed by atoms with Crippen molar-refractivity contribution in [1.82, 2.24) is 0 Å². The van der Waals surface area contributed by atoms with Gasteiger partial charge in [0, 0.05) is 55.9 Å². The average Bonchev–Trinajstić information content (AvgIpc) is 3.66. The fourth-order valence-corrected chi connectivity index (χ4v) is 9.55. The van der Waals surface area contributed by atoms with E-state index in [1.165, 1.54) is 55.5 Å². The molecule has 0 saturated carbocycles. The smallest absolute Gasteiger partial charge is 0.252 e. The van der Waals surface area contributed by atoms with Crippen LogP contribution >= 0.6 is 0 Å². The van der Waals surface area contributed by atoms with E-state index in [4.69, 9.17) is 4.42 Å². The lowest BCUT2D eigenvalue weighted by Gasteiger charge is -2.44. The van der Waals surface area contributed by atoms with Gasteiger partial charge in [-0.1, -0.05) is 158 Å². The first-order chi connectivity index (χ1) is 27.8. The second-order valence-electron chi connectivity index (χ2n) is 14.8. The number of hydrogen-bond acceptors (Lipinski definition) is 3. The van der Waals surface area contributed by atoms with Crippen molar-refractivity contribution in [2.24, 2.45) is 0 Å². The predicted molar refractivity (Wildman–Crippen MR) is 236 cm³/mol. The van der Waals surface area contributed by atoms with Gasteiger partial charge in [-0.25, -0.2) is 0 Å². The van der Waals surface area contributed by atoms with Gasteiger partial charge in [-0.05, 0) is 75.2 Å². The molecule has 12 rings (SSSR count). The maximum atomic E-state index is 7.09. The molecule has 0 amide bonds. The minimum absolute atomic E-state index is 0.0864. The monoisotopic (exact) mass is 712 g/mol. The van der Waals surface area contributed by atoms with Crippen molar-refractivity contribution in [2.75, 3.05) is 9.80 Å². The van der Waals surface area contributed by atoms with Crippen LogP contribution in [-0.4, -0.2) is 6.71 Å². The molecule has 0 fully saturated rings. The Bertz CT molecular complexity index is 3180. The van der Waals surface area contributed by atoms with E-state index in [1.54, 1.807) is 0 Å². The van der Waals surface area contributed by atoms with E-state index in [2.05, 4.69) is 210 Å². The van der Waals surface area contributed by atoms with Gasteiger partial charge in [0.1, 0.15) is 11.2 Å². The molecular weight excluding hydrogens is 679 g/mol. The van der Waals surface area contributed by atoms with Gasteiger partial charge >= 0.3 is 0 Å². The molecule has 0 N–H and O–H groups in total. The molecule has 0 bridgehead atoms. The van der Waals surface area contributed by atoms with E-state index in [0.717, 1.165) is 50.0 Å². The van der Waals surface area contributed by atoms with Crippen LogP contribution < -0.4 is 26.2 Å². The first-order valence-electron chi connectivity index (χ1n) is 19.3. The number of fused-ring (bicyclic) bond motifs is 8. The Kier molecular flexibility index (Phi) is 6.72. The Morgan fingerprint density at radius 3 is 1.54 bits per heavy atom. The summed E-state index contributed by atoms with van der Waals surface area (Å²) in [6.07, 6.45) is 0. The molecule has 0 atom stereocenters. The molecule has 1 aromatic heterocycles. The lowest BCUT2D eigenvalue weighted by Crippen LogP contribution is -2.61. The maximum Gasteiger partial charge on any atom is 0.252 e. The molecule has 2 aliphatic rings. The van der Waals surface area contributed by atoms with Gasteiger partial charge in [0.2, 0.25) is 0 Å². The van der Waals surface area contributed by atoms with Crippen LogP contribution in [0.15, 0.2) is 205 Å². The van der Waals surface area contributed by atoms with Gasteiger partial charge in [-0.2, -0.15) is 0 Å². The molecule has 4 heteroatoms. The number of furan rings is 1. The van der Waals surface area contributed by atoms with E-state index in [1.807, 2.05) is 0 Å². The molecule has 0 spiro atoms. The molecule has 3 nitrogen and oxygen atoms in total. The Balaban J connectivity index is 1.09. The summed E-state index contributed by atoms with van der Waals surface area (Å²) in [6.45, 7) is 0.0864. The Morgan fingerprint density at radius 1 is 0.321 bits per heavy atom. The zero-order valence-electron chi connectivity index (χ0n) is 30.4. The molecule has 9 aromatic carbocycles. The van der Waals surface area contributed by atoms with Crippen LogP contribution in [-0.2, 0) is 0 Å². The number of para-hydroxylation sites is 6. The summed E-state index contributed by atoms with van der Waals surface area (Å²) < 4.78 is 7.09. The predicted octanol–water partition coefficient (Wildman–Crippen LogP) is 12.2.